The zero-order valence-electron chi connectivity index (χ0n) is 12.8. The molecule has 2 aromatic rings. The van der Waals surface area contributed by atoms with E-state index in [1.165, 1.54) is 22.9 Å². The number of anilines is 2. The minimum atomic E-state index is -0.530. The lowest BCUT2D eigenvalue weighted by Gasteiger charge is -2.10. The predicted octanol–water partition coefficient (Wildman–Crippen LogP) is 3.70. The molecule has 1 aliphatic rings. The van der Waals surface area contributed by atoms with E-state index in [4.69, 9.17) is 17.3 Å². The molecule has 3 N–H and O–H groups in total. The van der Waals surface area contributed by atoms with Crippen LogP contribution in [0.4, 0.5) is 15.9 Å². The summed E-state index contributed by atoms with van der Waals surface area (Å²) in [6.07, 6.45) is 4.30. The van der Waals surface area contributed by atoms with Crippen molar-refractivity contribution in [2.45, 2.75) is 31.6 Å². The molecule has 5 nitrogen and oxygen atoms in total. The molecule has 0 bridgehead atoms. The molecule has 1 aliphatic carbocycles. The molecule has 0 atom stereocenters. The smallest absolute Gasteiger partial charge is 0.261 e. The van der Waals surface area contributed by atoms with Crippen LogP contribution >= 0.6 is 11.6 Å². The lowest BCUT2D eigenvalue weighted by atomic mass is 9.99. The highest BCUT2D eigenvalue weighted by Crippen LogP contribution is 2.36. The number of nitrogens with two attached hydrogens (primary N) is 1. The maximum atomic E-state index is 13.2. The topological polar surface area (TPSA) is 72.9 Å². The molecule has 0 spiro atoms. The summed E-state index contributed by atoms with van der Waals surface area (Å²) < 4.78 is 14.7. The summed E-state index contributed by atoms with van der Waals surface area (Å²) in [5.74, 6) is -0.286. The number of nitrogens with one attached hydrogen (secondary N) is 1. The fourth-order valence-corrected chi connectivity index (χ4v) is 3.22. The Labute approximate surface area is 138 Å². The van der Waals surface area contributed by atoms with Crippen molar-refractivity contribution in [3.05, 3.63) is 40.3 Å². The molecule has 1 saturated carbocycles. The third-order valence-electron chi connectivity index (χ3n) is 4.27. The van der Waals surface area contributed by atoms with Gasteiger partial charge in [0.1, 0.15) is 17.2 Å². The summed E-state index contributed by atoms with van der Waals surface area (Å²) >= 11 is 5.75. The second-order valence-electron chi connectivity index (χ2n) is 5.83. The van der Waals surface area contributed by atoms with E-state index in [1.807, 2.05) is 0 Å². The van der Waals surface area contributed by atoms with Gasteiger partial charge in [-0.25, -0.2) is 4.39 Å². The lowest BCUT2D eigenvalue weighted by molar-refractivity contribution is 0.102. The van der Waals surface area contributed by atoms with Crippen LogP contribution in [0.25, 0.3) is 0 Å². The van der Waals surface area contributed by atoms with E-state index in [-0.39, 0.29) is 16.8 Å². The van der Waals surface area contributed by atoms with E-state index in [9.17, 15) is 9.18 Å². The Balaban J connectivity index is 1.90. The van der Waals surface area contributed by atoms with Crippen molar-refractivity contribution in [2.75, 3.05) is 11.1 Å². The van der Waals surface area contributed by atoms with Crippen LogP contribution in [-0.4, -0.2) is 15.7 Å². The van der Waals surface area contributed by atoms with Gasteiger partial charge in [-0.2, -0.15) is 5.10 Å². The number of carbonyl (C=O) groups excluding carboxylic acids is 1. The predicted molar refractivity (Wildman–Crippen MR) is 88.2 cm³/mol. The number of amides is 1. The quantitative estimate of drug-likeness (QED) is 0.897. The fourth-order valence-electron chi connectivity index (χ4n) is 3.04. The first-order valence-electron chi connectivity index (χ1n) is 7.56. The van der Waals surface area contributed by atoms with Crippen molar-refractivity contribution in [1.82, 2.24) is 9.78 Å². The summed E-state index contributed by atoms with van der Waals surface area (Å²) in [6.45, 7) is 0. The number of hydrogen-bond acceptors (Lipinski definition) is 3. The lowest BCUT2D eigenvalue weighted by Crippen LogP contribution is -2.16. The number of rotatable bonds is 3. The minimum absolute atomic E-state index is 0.0435. The molecule has 0 unspecified atom stereocenters. The van der Waals surface area contributed by atoms with Crippen molar-refractivity contribution < 1.29 is 9.18 Å². The summed E-state index contributed by atoms with van der Waals surface area (Å²) in [5.41, 5.74) is 7.60. The van der Waals surface area contributed by atoms with Gasteiger partial charge in [-0.05, 0) is 31.0 Å². The maximum Gasteiger partial charge on any atom is 0.261 e. The fraction of sp³-hybridized carbons (Fsp3) is 0.375. The van der Waals surface area contributed by atoms with Crippen molar-refractivity contribution in [1.29, 1.82) is 0 Å². The number of halogens is 2. The van der Waals surface area contributed by atoms with Crippen molar-refractivity contribution in [3.63, 3.8) is 0 Å². The molecular weight excluding hydrogens is 319 g/mol. The van der Waals surface area contributed by atoms with Crippen LogP contribution in [0.1, 0.15) is 47.7 Å². The second-order valence-corrected chi connectivity index (χ2v) is 6.24. The zero-order valence-corrected chi connectivity index (χ0v) is 13.5. The summed E-state index contributed by atoms with van der Waals surface area (Å²) in [5, 5.41) is 7.11. The van der Waals surface area contributed by atoms with Gasteiger partial charge < -0.3 is 11.1 Å². The molecule has 0 radical (unpaired) electrons. The normalized spacial score (nSPS) is 15.1. The summed E-state index contributed by atoms with van der Waals surface area (Å²) in [4.78, 5) is 12.6. The van der Waals surface area contributed by atoms with Crippen molar-refractivity contribution in [3.8, 4) is 0 Å². The minimum Gasteiger partial charge on any atom is -0.383 e. The average molecular weight is 337 g/mol. The second kappa shape index (κ2) is 6.20. The van der Waals surface area contributed by atoms with Gasteiger partial charge in [0.05, 0.1) is 10.7 Å². The van der Waals surface area contributed by atoms with Crippen LogP contribution in [0.2, 0.25) is 5.02 Å². The van der Waals surface area contributed by atoms with Crippen molar-refractivity contribution in [2.24, 2.45) is 7.05 Å². The average Bonchev–Trinajstić information content (AvgIpc) is 3.12. The summed E-state index contributed by atoms with van der Waals surface area (Å²) in [6, 6.07) is 4.04. The number of hydrogen-bond donors (Lipinski definition) is 2. The molecule has 1 fully saturated rings. The number of nitrogens with zero attached hydrogens (tertiary/aromatic N) is 2. The highest BCUT2D eigenvalue weighted by atomic mass is 35.5. The van der Waals surface area contributed by atoms with Crippen LogP contribution in [-0.2, 0) is 7.05 Å². The Morgan fingerprint density at radius 3 is 2.78 bits per heavy atom. The molecule has 7 heteroatoms. The van der Waals surface area contributed by atoms with E-state index >= 15 is 0 Å². The van der Waals surface area contributed by atoms with Crippen LogP contribution < -0.4 is 11.1 Å². The Bertz CT molecular complexity index is 753. The van der Waals surface area contributed by atoms with Gasteiger partial charge in [-0.3, -0.25) is 9.48 Å². The standard InChI is InChI=1S/C16H18ClFN4O/c1-22-15(19)13(14(21-22)9-4-2-3-5-9)16(23)20-10-6-7-12(18)11(17)8-10/h6-9H,2-5,19H2,1H3,(H,20,23). The van der Waals surface area contributed by atoms with Gasteiger partial charge in [0.25, 0.3) is 5.91 Å². The Morgan fingerprint density at radius 2 is 2.13 bits per heavy atom. The van der Waals surface area contributed by atoms with E-state index in [2.05, 4.69) is 10.4 Å². The largest absolute Gasteiger partial charge is 0.383 e. The highest BCUT2D eigenvalue weighted by Gasteiger charge is 2.29. The molecule has 1 amide bonds. The molecule has 1 aromatic heterocycles. The molecule has 122 valence electrons. The van der Waals surface area contributed by atoms with Gasteiger partial charge in [-0.15, -0.1) is 0 Å². The first-order chi connectivity index (χ1) is 11.0. The Hall–Kier alpha value is -2.08. The third-order valence-corrected chi connectivity index (χ3v) is 4.55. The van der Waals surface area contributed by atoms with Gasteiger partial charge in [-0.1, -0.05) is 24.4 Å². The van der Waals surface area contributed by atoms with Crippen LogP contribution in [0.3, 0.4) is 0 Å². The van der Waals surface area contributed by atoms with Crippen molar-refractivity contribution >= 4 is 29.0 Å². The molecule has 1 heterocycles. The third kappa shape index (κ3) is 3.03. The van der Waals surface area contributed by atoms with E-state index < -0.39 is 5.82 Å². The number of benzene rings is 1. The van der Waals surface area contributed by atoms with Crippen LogP contribution in [0.15, 0.2) is 18.2 Å². The van der Waals surface area contributed by atoms with Gasteiger partial charge in [0.2, 0.25) is 0 Å². The molecule has 1 aromatic carbocycles. The van der Waals surface area contributed by atoms with Gasteiger partial charge in [0, 0.05) is 18.7 Å². The van der Waals surface area contributed by atoms with Crippen LogP contribution in [0.5, 0.6) is 0 Å². The SMILES string of the molecule is Cn1nc(C2CCCC2)c(C(=O)Nc2ccc(F)c(Cl)c2)c1N. The van der Waals surface area contributed by atoms with Gasteiger partial charge in [0.15, 0.2) is 0 Å². The Kier molecular flexibility index (Phi) is 4.26. The number of nitrogen functional groups attached to an aromatic ring is 1. The van der Waals surface area contributed by atoms with Gasteiger partial charge >= 0.3 is 0 Å². The molecule has 3 rings (SSSR count). The van der Waals surface area contributed by atoms with E-state index in [0.717, 1.165) is 31.4 Å². The first-order valence-corrected chi connectivity index (χ1v) is 7.94. The number of carbonyl (C=O) groups is 1. The highest BCUT2D eigenvalue weighted by molar-refractivity contribution is 6.31. The monoisotopic (exact) mass is 336 g/mol. The van der Waals surface area contributed by atoms with E-state index in [1.54, 1.807) is 7.05 Å². The zero-order chi connectivity index (χ0) is 16.6. The molecule has 0 aliphatic heterocycles. The first kappa shape index (κ1) is 15.8. The number of aromatic nitrogens is 2. The van der Waals surface area contributed by atoms with Crippen LogP contribution in [0, 0.1) is 5.82 Å². The maximum absolute atomic E-state index is 13.2. The van der Waals surface area contributed by atoms with E-state index in [0.29, 0.717) is 17.1 Å². The molecular formula is C16H18ClFN4O. The molecule has 23 heavy (non-hydrogen) atoms. The molecule has 0 saturated heterocycles. The number of aryl methyl sites for hydroxylation is 1. The summed E-state index contributed by atoms with van der Waals surface area (Å²) in [7, 11) is 1.72. The Morgan fingerprint density at radius 1 is 1.43 bits per heavy atom.